The molecule has 0 saturated heterocycles. The second kappa shape index (κ2) is 6.46. The van der Waals surface area contributed by atoms with Crippen LogP contribution in [0, 0.1) is 6.92 Å². The van der Waals surface area contributed by atoms with E-state index in [0.29, 0.717) is 30.2 Å². The second-order valence-corrected chi connectivity index (χ2v) is 6.02. The van der Waals surface area contributed by atoms with Gasteiger partial charge in [-0.1, -0.05) is 5.16 Å². The third-order valence-electron chi connectivity index (χ3n) is 4.24. The minimum atomic E-state index is -0.116. The smallest absolute Gasteiger partial charge is 0.257 e. The monoisotopic (exact) mass is 338 g/mol. The van der Waals surface area contributed by atoms with Crippen LogP contribution in [0.15, 0.2) is 28.8 Å². The summed E-state index contributed by atoms with van der Waals surface area (Å²) in [6, 6.07) is 7.10. The maximum atomic E-state index is 12.3. The van der Waals surface area contributed by atoms with Crippen LogP contribution < -0.4 is 5.32 Å². The van der Waals surface area contributed by atoms with E-state index in [2.05, 4.69) is 30.2 Å². The number of rotatable bonds is 5. The highest BCUT2D eigenvalue weighted by molar-refractivity contribution is 5.94. The molecule has 1 amide bonds. The summed E-state index contributed by atoms with van der Waals surface area (Å²) in [6.45, 7) is 3.27. The molecule has 3 aromatic rings. The largest absolute Gasteiger partial charge is 0.352 e. The van der Waals surface area contributed by atoms with Gasteiger partial charge in [0.25, 0.3) is 11.8 Å². The normalized spacial score (nSPS) is 13.0. The Labute approximate surface area is 144 Å². The average Bonchev–Trinajstić information content (AvgIpc) is 3.33. The Hall–Kier alpha value is -3.03. The van der Waals surface area contributed by atoms with E-state index in [0.717, 1.165) is 36.6 Å². The first-order valence-electron chi connectivity index (χ1n) is 8.30. The minimum Gasteiger partial charge on any atom is -0.352 e. The Balaban J connectivity index is 1.34. The topological polar surface area (TPSA) is 98.7 Å². The van der Waals surface area contributed by atoms with Gasteiger partial charge in [0.05, 0.1) is 0 Å². The van der Waals surface area contributed by atoms with Crippen LogP contribution in [0.5, 0.6) is 0 Å². The molecule has 25 heavy (non-hydrogen) atoms. The molecule has 0 atom stereocenters. The van der Waals surface area contributed by atoms with E-state index in [-0.39, 0.29) is 5.91 Å². The summed E-state index contributed by atoms with van der Waals surface area (Å²) in [5.41, 5.74) is 1.38. The fraction of sp³-hybridized carbons (Fsp3) is 0.353. The highest BCUT2D eigenvalue weighted by atomic mass is 16.5. The summed E-state index contributed by atoms with van der Waals surface area (Å²) in [5, 5.41) is 15.0. The van der Waals surface area contributed by atoms with E-state index in [1.165, 1.54) is 0 Å². The lowest BCUT2D eigenvalue weighted by molar-refractivity contribution is 0.0954. The zero-order valence-corrected chi connectivity index (χ0v) is 13.9. The fourth-order valence-corrected chi connectivity index (χ4v) is 2.96. The molecule has 0 spiro atoms. The van der Waals surface area contributed by atoms with Gasteiger partial charge in [0, 0.05) is 37.1 Å². The maximum Gasteiger partial charge on any atom is 0.257 e. The van der Waals surface area contributed by atoms with Crippen molar-refractivity contribution in [1.29, 1.82) is 0 Å². The SMILES string of the molecule is Cc1noc(-c2ccc(C(=O)NCCc3nnc4n3CCC4)cc2)n1. The predicted octanol–water partition coefficient (Wildman–Crippen LogP) is 1.56. The molecule has 1 aliphatic rings. The molecule has 0 saturated carbocycles. The van der Waals surface area contributed by atoms with Crippen LogP contribution in [0.2, 0.25) is 0 Å². The summed E-state index contributed by atoms with van der Waals surface area (Å²) < 4.78 is 7.26. The van der Waals surface area contributed by atoms with E-state index in [1.54, 1.807) is 31.2 Å². The minimum absolute atomic E-state index is 0.116. The van der Waals surface area contributed by atoms with Crippen LogP contribution in [-0.4, -0.2) is 37.4 Å². The van der Waals surface area contributed by atoms with Crippen LogP contribution in [-0.2, 0) is 19.4 Å². The molecule has 3 heterocycles. The lowest BCUT2D eigenvalue weighted by atomic mass is 10.1. The number of amides is 1. The number of hydrogen-bond acceptors (Lipinski definition) is 6. The third-order valence-corrected chi connectivity index (χ3v) is 4.24. The molecule has 1 aliphatic heterocycles. The predicted molar refractivity (Wildman–Crippen MR) is 88.9 cm³/mol. The zero-order valence-electron chi connectivity index (χ0n) is 13.9. The van der Waals surface area contributed by atoms with Crippen LogP contribution in [0.25, 0.3) is 11.5 Å². The quantitative estimate of drug-likeness (QED) is 0.758. The van der Waals surface area contributed by atoms with Gasteiger partial charge in [-0.2, -0.15) is 4.98 Å². The van der Waals surface area contributed by atoms with Crippen molar-refractivity contribution in [3.8, 4) is 11.5 Å². The van der Waals surface area contributed by atoms with E-state index >= 15 is 0 Å². The Kier molecular flexibility index (Phi) is 4.01. The number of benzene rings is 1. The van der Waals surface area contributed by atoms with Gasteiger partial charge in [-0.25, -0.2) is 0 Å². The molecule has 8 heteroatoms. The van der Waals surface area contributed by atoms with Crippen LogP contribution in [0.4, 0.5) is 0 Å². The van der Waals surface area contributed by atoms with Gasteiger partial charge in [-0.05, 0) is 37.6 Å². The first-order chi connectivity index (χ1) is 12.2. The van der Waals surface area contributed by atoms with Gasteiger partial charge < -0.3 is 14.4 Å². The van der Waals surface area contributed by atoms with Gasteiger partial charge in [0.1, 0.15) is 11.6 Å². The summed E-state index contributed by atoms with van der Waals surface area (Å²) >= 11 is 0. The molecule has 1 aromatic carbocycles. The molecule has 0 unspecified atom stereocenters. The maximum absolute atomic E-state index is 12.3. The van der Waals surface area contributed by atoms with Crippen molar-refractivity contribution < 1.29 is 9.32 Å². The Morgan fingerprint density at radius 3 is 2.88 bits per heavy atom. The van der Waals surface area contributed by atoms with Crippen molar-refractivity contribution in [2.24, 2.45) is 0 Å². The molecule has 0 bridgehead atoms. The zero-order chi connectivity index (χ0) is 17.2. The lowest BCUT2D eigenvalue weighted by Gasteiger charge is -2.06. The van der Waals surface area contributed by atoms with E-state index in [1.807, 2.05) is 0 Å². The highest BCUT2D eigenvalue weighted by Crippen LogP contribution is 2.17. The molecular formula is C17H18N6O2. The van der Waals surface area contributed by atoms with Gasteiger partial charge in [-0.3, -0.25) is 4.79 Å². The Morgan fingerprint density at radius 1 is 1.28 bits per heavy atom. The van der Waals surface area contributed by atoms with E-state index in [4.69, 9.17) is 4.52 Å². The van der Waals surface area contributed by atoms with Crippen molar-refractivity contribution in [2.45, 2.75) is 32.7 Å². The standard InChI is InChI=1S/C17H18N6O2/c1-11-19-17(25-22-11)13-6-4-12(5-7-13)16(24)18-9-8-15-21-20-14-3-2-10-23(14)15/h4-7H,2-3,8-10H2,1H3,(H,18,24). The van der Waals surface area contributed by atoms with Crippen molar-refractivity contribution in [1.82, 2.24) is 30.2 Å². The summed E-state index contributed by atoms with van der Waals surface area (Å²) in [7, 11) is 0. The van der Waals surface area contributed by atoms with Gasteiger partial charge in [0.2, 0.25) is 0 Å². The van der Waals surface area contributed by atoms with Gasteiger partial charge in [-0.15, -0.1) is 10.2 Å². The molecule has 8 nitrogen and oxygen atoms in total. The summed E-state index contributed by atoms with van der Waals surface area (Å²) in [5.74, 6) is 2.90. The fourth-order valence-electron chi connectivity index (χ4n) is 2.96. The first kappa shape index (κ1) is 15.5. The Morgan fingerprint density at radius 2 is 2.12 bits per heavy atom. The summed E-state index contributed by atoms with van der Waals surface area (Å²) in [6.07, 6.45) is 2.79. The van der Waals surface area contributed by atoms with Gasteiger partial charge in [0.15, 0.2) is 5.82 Å². The summed E-state index contributed by atoms with van der Waals surface area (Å²) in [4.78, 5) is 16.4. The molecule has 2 aromatic heterocycles. The van der Waals surface area contributed by atoms with Crippen LogP contribution in [0.3, 0.4) is 0 Å². The van der Waals surface area contributed by atoms with Crippen LogP contribution >= 0.6 is 0 Å². The van der Waals surface area contributed by atoms with Crippen molar-refractivity contribution >= 4 is 5.91 Å². The number of fused-ring (bicyclic) bond motifs is 1. The van der Waals surface area contributed by atoms with Crippen molar-refractivity contribution in [3.63, 3.8) is 0 Å². The molecular weight excluding hydrogens is 320 g/mol. The highest BCUT2D eigenvalue weighted by Gasteiger charge is 2.17. The van der Waals surface area contributed by atoms with E-state index < -0.39 is 0 Å². The van der Waals surface area contributed by atoms with Crippen molar-refractivity contribution in [2.75, 3.05) is 6.54 Å². The number of carbonyl (C=O) groups excluding carboxylic acids is 1. The van der Waals surface area contributed by atoms with Crippen molar-refractivity contribution in [3.05, 3.63) is 47.3 Å². The lowest BCUT2D eigenvalue weighted by Crippen LogP contribution is -2.26. The third kappa shape index (κ3) is 3.15. The molecule has 0 aliphatic carbocycles. The number of aryl methyl sites for hydroxylation is 2. The average molecular weight is 338 g/mol. The van der Waals surface area contributed by atoms with E-state index in [9.17, 15) is 4.79 Å². The molecule has 128 valence electrons. The number of nitrogens with zero attached hydrogens (tertiary/aromatic N) is 5. The number of hydrogen-bond donors (Lipinski definition) is 1. The molecule has 0 radical (unpaired) electrons. The number of aromatic nitrogens is 5. The first-order valence-corrected chi connectivity index (χ1v) is 8.30. The number of carbonyl (C=O) groups is 1. The Bertz CT molecular complexity index is 896. The van der Waals surface area contributed by atoms with Gasteiger partial charge >= 0.3 is 0 Å². The molecule has 1 N–H and O–H groups in total. The van der Waals surface area contributed by atoms with Crippen LogP contribution in [0.1, 0.15) is 34.3 Å². The number of nitrogens with one attached hydrogen (secondary N) is 1. The second-order valence-electron chi connectivity index (χ2n) is 6.02. The molecule has 0 fully saturated rings. The molecule has 4 rings (SSSR count).